The molecule has 0 aromatic heterocycles. The van der Waals surface area contributed by atoms with Gasteiger partial charge in [-0.1, -0.05) is 11.6 Å². The fraction of sp³-hybridized carbons (Fsp3) is 0.619. The second-order valence-electron chi connectivity index (χ2n) is 8.68. The molecule has 4 rings (SSSR count). The van der Waals surface area contributed by atoms with Crippen molar-refractivity contribution in [2.24, 2.45) is 0 Å². The van der Waals surface area contributed by atoms with Gasteiger partial charge in [-0.05, 0) is 38.1 Å². The van der Waals surface area contributed by atoms with Crippen molar-refractivity contribution in [1.29, 1.82) is 0 Å². The summed E-state index contributed by atoms with van der Waals surface area (Å²) in [5, 5.41) is 0.622. The predicted molar refractivity (Wildman–Crippen MR) is 111 cm³/mol. The van der Waals surface area contributed by atoms with Crippen LogP contribution in [0.15, 0.2) is 24.3 Å². The minimum atomic E-state index is -0.140. The zero-order chi connectivity index (χ0) is 20.6. The molecule has 3 aliphatic heterocycles. The Balaban J connectivity index is 1.47. The molecule has 29 heavy (non-hydrogen) atoms. The zero-order valence-corrected chi connectivity index (χ0v) is 17.9. The lowest BCUT2D eigenvalue weighted by Gasteiger charge is -2.55. The lowest BCUT2D eigenvalue weighted by molar-refractivity contribution is -0.0523. The minimum Gasteiger partial charge on any atom is -0.378 e. The van der Waals surface area contributed by atoms with Crippen molar-refractivity contribution in [2.45, 2.75) is 25.4 Å². The second-order valence-corrected chi connectivity index (χ2v) is 9.12. The average Bonchev–Trinajstić information content (AvgIpc) is 2.73. The van der Waals surface area contributed by atoms with Crippen LogP contribution < -0.4 is 0 Å². The van der Waals surface area contributed by atoms with Crippen LogP contribution in [0.1, 0.15) is 24.2 Å². The van der Waals surface area contributed by atoms with Crippen LogP contribution in [-0.2, 0) is 4.74 Å². The van der Waals surface area contributed by atoms with Gasteiger partial charge in [-0.15, -0.1) is 0 Å². The summed E-state index contributed by atoms with van der Waals surface area (Å²) < 4.78 is 5.37. The van der Waals surface area contributed by atoms with Gasteiger partial charge < -0.3 is 19.4 Å². The highest BCUT2D eigenvalue weighted by atomic mass is 35.5. The standard InChI is InChI=1S/C21H29ClN4O3/c1-21(2)15-25(19(27)16-3-5-17(22)6-4-16)14-18-13-24(7-8-26(18)21)20(28)23-9-11-29-12-10-23/h3-6,18H,7-15H2,1-2H3/t18-/m0/s1. The number of rotatable bonds is 1. The lowest BCUT2D eigenvalue weighted by Crippen LogP contribution is -2.71. The number of amides is 3. The SMILES string of the molecule is CC1(C)CN(C(=O)c2ccc(Cl)cc2)C[C@@H]2CN(C(=O)N3CCOCC3)CCN21. The van der Waals surface area contributed by atoms with E-state index in [-0.39, 0.29) is 23.5 Å². The van der Waals surface area contributed by atoms with E-state index in [1.165, 1.54) is 0 Å². The molecule has 3 heterocycles. The molecule has 3 aliphatic rings. The van der Waals surface area contributed by atoms with Crippen molar-refractivity contribution < 1.29 is 14.3 Å². The molecule has 7 nitrogen and oxygen atoms in total. The van der Waals surface area contributed by atoms with Gasteiger partial charge in [-0.25, -0.2) is 4.79 Å². The zero-order valence-electron chi connectivity index (χ0n) is 17.1. The number of ether oxygens (including phenoxy) is 1. The van der Waals surface area contributed by atoms with Crippen molar-refractivity contribution in [3.8, 4) is 0 Å². The Kier molecular flexibility index (Phi) is 5.73. The number of morpholine rings is 1. The van der Waals surface area contributed by atoms with E-state index < -0.39 is 0 Å². The largest absolute Gasteiger partial charge is 0.378 e. The average molecular weight is 421 g/mol. The molecule has 1 aromatic rings. The third-order valence-electron chi connectivity index (χ3n) is 6.20. The highest BCUT2D eigenvalue weighted by Gasteiger charge is 2.45. The number of benzene rings is 1. The summed E-state index contributed by atoms with van der Waals surface area (Å²) >= 11 is 5.97. The van der Waals surface area contributed by atoms with Crippen molar-refractivity contribution in [1.82, 2.24) is 19.6 Å². The predicted octanol–water partition coefficient (Wildman–Crippen LogP) is 2.01. The van der Waals surface area contributed by atoms with E-state index in [0.717, 1.165) is 13.1 Å². The molecule has 0 aliphatic carbocycles. The van der Waals surface area contributed by atoms with Crippen LogP contribution >= 0.6 is 11.6 Å². The number of halogens is 1. The molecule has 3 fully saturated rings. The quantitative estimate of drug-likeness (QED) is 0.697. The number of carbonyl (C=O) groups excluding carboxylic acids is 2. The maximum absolute atomic E-state index is 13.1. The van der Waals surface area contributed by atoms with Crippen molar-refractivity contribution in [2.75, 3.05) is 59.0 Å². The fourth-order valence-corrected chi connectivity index (χ4v) is 4.87. The van der Waals surface area contributed by atoms with E-state index in [4.69, 9.17) is 16.3 Å². The molecule has 3 saturated heterocycles. The molecule has 0 radical (unpaired) electrons. The molecule has 0 saturated carbocycles. The first kappa shape index (κ1) is 20.4. The van der Waals surface area contributed by atoms with E-state index in [1.807, 2.05) is 14.7 Å². The van der Waals surface area contributed by atoms with Crippen LogP contribution in [0, 0.1) is 0 Å². The van der Waals surface area contributed by atoms with Crippen molar-refractivity contribution in [3.05, 3.63) is 34.9 Å². The highest BCUT2D eigenvalue weighted by molar-refractivity contribution is 6.30. The molecule has 1 aromatic carbocycles. The van der Waals surface area contributed by atoms with Crippen LogP contribution in [0.25, 0.3) is 0 Å². The highest BCUT2D eigenvalue weighted by Crippen LogP contribution is 2.29. The Morgan fingerprint density at radius 2 is 1.62 bits per heavy atom. The molecule has 8 heteroatoms. The molecule has 0 N–H and O–H groups in total. The van der Waals surface area contributed by atoms with E-state index in [2.05, 4.69) is 18.7 Å². The number of urea groups is 1. The molecule has 1 atom stereocenters. The van der Waals surface area contributed by atoms with Gasteiger partial charge in [0.15, 0.2) is 0 Å². The van der Waals surface area contributed by atoms with Gasteiger partial charge in [0.05, 0.1) is 13.2 Å². The number of piperazine rings is 2. The summed E-state index contributed by atoms with van der Waals surface area (Å²) in [4.78, 5) is 34.2. The summed E-state index contributed by atoms with van der Waals surface area (Å²) in [7, 11) is 0. The van der Waals surface area contributed by atoms with Gasteiger partial charge in [-0.3, -0.25) is 9.69 Å². The Morgan fingerprint density at radius 1 is 0.966 bits per heavy atom. The van der Waals surface area contributed by atoms with Gasteiger partial charge in [0.1, 0.15) is 0 Å². The summed E-state index contributed by atoms with van der Waals surface area (Å²) in [6.45, 7) is 10.4. The first-order chi connectivity index (χ1) is 13.8. The number of carbonyl (C=O) groups is 2. The van der Waals surface area contributed by atoms with E-state index in [0.29, 0.717) is 56.5 Å². The molecule has 0 spiro atoms. The molecule has 0 bridgehead atoms. The van der Waals surface area contributed by atoms with E-state index in [1.54, 1.807) is 24.3 Å². The Bertz CT molecular complexity index is 764. The van der Waals surface area contributed by atoms with Crippen LogP contribution in [0.2, 0.25) is 5.02 Å². The summed E-state index contributed by atoms with van der Waals surface area (Å²) in [5.41, 5.74) is 0.509. The first-order valence-corrected chi connectivity index (χ1v) is 10.7. The van der Waals surface area contributed by atoms with Gasteiger partial charge in [0.25, 0.3) is 5.91 Å². The Labute approximate surface area is 177 Å². The van der Waals surface area contributed by atoms with Crippen molar-refractivity contribution >= 4 is 23.5 Å². The molecule has 0 unspecified atom stereocenters. The lowest BCUT2D eigenvalue weighted by atomic mass is 9.92. The number of hydrogen-bond acceptors (Lipinski definition) is 4. The normalized spacial score (nSPS) is 24.9. The van der Waals surface area contributed by atoms with Crippen LogP contribution in [0.5, 0.6) is 0 Å². The summed E-state index contributed by atoms with van der Waals surface area (Å²) in [6.07, 6.45) is 0. The summed E-state index contributed by atoms with van der Waals surface area (Å²) in [6, 6.07) is 7.28. The number of hydrogen-bond donors (Lipinski definition) is 0. The number of fused-ring (bicyclic) bond motifs is 1. The van der Waals surface area contributed by atoms with Crippen LogP contribution in [0.3, 0.4) is 0 Å². The number of nitrogens with zero attached hydrogens (tertiary/aromatic N) is 4. The van der Waals surface area contributed by atoms with Crippen molar-refractivity contribution in [3.63, 3.8) is 0 Å². The van der Waals surface area contributed by atoms with Gasteiger partial charge >= 0.3 is 6.03 Å². The minimum absolute atomic E-state index is 0.0195. The fourth-order valence-electron chi connectivity index (χ4n) is 4.74. The van der Waals surface area contributed by atoms with Crippen LogP contribution in [0.4, 0.5) is 4.79 Å². The molecular weight excluding hydrogens is 392 g/mol. The molecule has 158 valence electrons. The van der Waals surface area contributed by atoms with E-state index >= 15 is 0 Å². The van der Waals surface area contributed by atoms with E-state index in [9.17, 15) is 9.59 Å². The maximum atomic E-state index is 13.1. The summed E-state index contributed by atoms with van der Waals surface area (Å²) in [5.74, 6) is 0.0195. The Hall–Kier alpha value is -1.83. The Morgan fingerprint density at radius 3 is 2.31 bits per heavy atom. The van der Waals surface area contributed by atoms with Gasteiger partial charge in [-0.2, -0.15) is 0 Å². The third-order valence-corrected chi connectivity index (χ3v) is 6.45. The first-order valence-electron chi connectivity index (χ1n) is 10.3. The second kappa shape index (κ2) is 8.13. The third kappa shape index (κ3) is 4.22. The smallest absolute Gasteiger partial charge is 0.320 e. The maximum Gasteiger partial charge on any atom is 0.320 e. The molecule has 3 amide bonds. The monoisotopic (exact) mass is 420 g/mol. The van der Waals surface area contributed by atoms with Crippen LogP contribution in [-0.4, -0.2) is 102 Å². The van der Waals surface area contributed by atoms with Gasteiger partial charge in [0, 0.05) is 68.0 Å². The molecular formula is C21H29ClN4O3. The topological polar surface area (TPSA) is 56.3 Å². The van der Waals surface area contributed by atoms with Gasteiger partial charge in [0.2, 0.25) is 0 Å².